The molecule has 0 saturated heterocycles. The van der Waals surface area contributed by atoms with E-state index in [0.717, 1.165) is 33.1 Å². The molecule has 6 heteroatoms. The second-order valence-electron chi connectivity index (χ2n) is 6.20. The number of hydrogen-bond donors (Lipinski definition) is 2. The van der Waals surface area contributed by atoms with E-state index < -0.39 is 5.97 Å². The van der Waals surface area contributed by atoms with Gasteiger partial charge in [-0.15, -0.1) is 0 Å². The molecule has 0 unspecified atom stereocenters. The summed E-state index contributed by atoms with van der Waals surface area (Å²) in [5.74, 6) is -0.677. The fourth-order valence-corrected chi connectivity index (χ4v) is 3.03. The van der Waals surface area contributed by atoms with Gasteiger partial charge in [0.2, 0.25) is 0 Å². The minimum Gasteiger partial charge on any atom is -0.461 e. The Morgan fingerprint density at radius 2 is 1.89 bits per heavy atom. The molecule has 27 heavy (non-hydrogen) atoms. The van der Waals surface area contributed by atoms with Crippen LogP contribution in [-0.2, 0) is 11.3 Å². The number of nitrogens with zero attached hydrogens (tertiary/aromatic N) is 1. The van der Waals surface area contributed by atoms with Crippen LogP contribution in [0, 0.1) is 5.82 Å². The Morgan fingerprint density at radius 3 is 2.67 bits per heavy atom. The lowest BCUT2D eigenvalue weighted by Crippen LogP contribution is -2.06. The molecule has 2 N–H and O–H groups in total. The Balaban J connectivity index is 1.65. The van der Waals surface area contributed by atoms with E-state index in [1.54, 1.807) is 31.3 Å². The quantitative estimate of drug-likeness (QED) is 0.508. The molecular weight excluding hydrogens is 344 g/mol. The van der Waals surface area contributed by atoms with Crippen LogP contribution in [0.5, 0.6) is 0 Å². The number of aromatic amines is 1. The smallest absolute Gasteiger partial charge is 0.356 e. The first-order chi connectivity index (χ1) is 13.1. The third-order valence-corrected chi connectivity index (χ3v) is 4.38. The average Bonchev–Trinajstić information content (AvgIpc) is 3.05. The van der Waals surface area contributed by atoms with E-state index in [1.165, 1.54) is 12.1 Å². The fraction of sp³-hybridized carbons (Fsp3) is 0.143. The number of carbonyl (C=O) groups excluding carboxylic acids is 1. The fourth-order valence-electron chi connectivity index (χ4n) is 3.03. The Hall–Kier alpha value is -3.41. The van der Waals surface area contributed by atoms with E-state index in [0.29, 0.717) is 13.2 Å². The average molecular weight is 362 g/mol. The molecule has 0 aliphatic heterocycles. The maximum atomic E-state index is 13.0. The van der Waals surface area contributed by atoms with Crippen LogP contribution in [0.25, 0.3) is 21.8 Å². The van der Waals surface area contributed by atoms with Crippen molar-refractivity contribution in [2.75, 3.05) is 11.9 Å². The number of esters is 1. The molecule has 0 spiro atoms. The summed E-state index contributed by atoms with van der Waals surface area (Å²) in [5, 5.41) is 5.24. The predicted octanol–water partition coefficient (Wildman–Crippen LogP) is 4.64. The molecule has 2 aromatic heterocycles. The van der Waals surface area contributed by atoms with Gasteiger partial charge in [-0.3, -0.25) is 0 Å². The number of ether oxygens (including phenoxy) is 1. The van der Waals surface area contributed by atoms with Crippen LogP contribution in [0.3, 0.4) is 0 Å². The zero-order chi connectivity index (χ0) is 18.8. The van der Waals surface area contributed by atoms with Crippen molar-refractivity contribution in [3.63, 3.8) is 0 Å². The zero-order valence-electron chi connectivity index (χ0n) is 14.8. The normalized spacial score (nSPS) is 11.0. The number of carbonyl (C=O) groups is 1. The lowest BCUT2D eigenvalue weighted by atomic mass is 10.1. The lowest BCUT2D eigenvalue weighted by molar-refractivity contribution is 0.0520. The minimum atomic E-state index is -0.431. The number of benzene rings is 2. The van der Waals surface area contributed by atoms with Crippen LogP contribution in [-0.4, -0.2) is 22.5 Å². The molecule has 136 valence electrons. The summed E-state index contributed by atoms with van der Waals surface area (Å²) >= 11 is 0. The van der Waals surface area contributed by atoms with Crippen molar-refractivity contribution in [3.05, 3.63) is 71.8 Å². The van der Waals surface area contributed by atoms with Crippen molar-refractivity contribution in [3.8, 4) is 0 Å². The summed E-state index contributed by atoms with van der Waals surface area (Å²) in [6, 6.07) is 14.1. The number of fused-ring (bicyclic) bond motifs is 3. The van der Waals surface area contributed by atoms with Crippen molar-refractivity contribution in [1.82, 2.24) is 9.97 Å². The van der Waals surface area contributed by atoms with Crippen molar-refractivity contribution < 1.29 is 13.9 Å². The van der Waals surface area contributed by atoms with Gasteiger partial charge in [-0.25, -0.2) is 14.2 Å². The molecule has 0 atom stereocenters. The van der Waals surface area contributed by atoms with Crippen LogP contribution in [0.1, 0.15) is 23.0 Å². The SMILES string of the molecule is CCOC(=O)c1cc2c(cn1)[nH]c1ccc(NCc3ccc([18F])cc3)cc12. The standard InChI is InChI=1S/C21H18FN3O2/c1-2-27-21(26)19-10-17-16-9-15(7-8-18(16)25-20(17)12-24-19)23-11-13-3-5-14(22)6-4-13/h3-10,12,23,25H,2,11H2,1H3/i22-1. The molecule has 0 fully saturated rings. The Kier molecular flexibility index (Phi) is 4.46. The van der Waals surface area contributed by atoms with Gasteiger partial charge < -0.3 is 15.0 Å². The molecule has 0 radical (unpaired) electrons. The highest BCUT2D eigenvalue weighted by Gasteiger charge is 2.12. The van der Waals surface area contributed by atoms with Crippen LogP contribution < -0.4 is 5.32 Å². The number of pyridine rings is 1. The maximum Gasteiger partial charge on any atom is 0.356 e. The minimum absolute atomic E-state index is 0.245. The van der Waals surface area contributed by atoms with Crippen molar-refractivity contribution in [2.24, 2.45) is 0 Å². The Labute approximate surface area is 155 Å². The summed E-state index contributed by atoms with van der Waals surface area (Å²) in [7, 11) is 0. The summed E-state index contributed by atoms with van der Waals surface area (Å²) in [4.78, 5) is 19.4. The number of rotatable bonds is 5. The largest absolute Gasteiger partial charge is 0.461 e. The second-order valence-corrected chi connectivity index (χ2v) is 6.20. The Morgan fingerprint density at radius 1 is 1.11 bits per heavy atom. The van der Waals surface area contributed by atoms with Gasteiger partial charge in [0, 0.05) is 28.5 Å². The summed E-state index contributed by atoms with van der Waals surface area (Å²) in [5.41, 5.74) is 4.02. The topological polar surface area (TPSA) is 67.0 Å². The maximum absolute atomic E-state index is 13.0. The monoisotopic (exact) mass is 362 g/mol. The lowest BCUT2D eigenvalue weighted by Gasteiger charge is -2.07. The van der Waals surface area contributed by atoms with Crippen LogP contribution in [0.4, 0.5) is 10.1 Å². The highest BCUT2D eigenvalue weighted by molar-refractivity contribution is 6.09. The Bertz CT molecular complexity index is 1120. The number of nitrogens with one attached hydrogen (secondary N) is 2. The van der Waals surface area contributed by atoms with Gasteiger partial charge in [0.15, 0.2) is 0 Å². The van der Waals surface area contributed by atoms with E-state index in [9.17, 15) is 9.18 Å². The first-order valence-corrected chi connectivity index (χ1v) is 8.71. The van der Waals surface area contributed by atoms with Gasteiger partial charge in [-0.05, 0) is 48.9 Å². The predicted molar refractivity (Wildman–Crippen MR) is 103 cm³/mol. The highest BCUT2D eigenvalue weighted by atomic mass is 18.2. The molecule has 0 aliphatic rings. The van der Waals surface area contributed by atoms with E-state index >= 15 is 0 Å². The first-order valence-electron chi connectivity index (χ1n) is 8.71. The number of halogens is 1. The van der Waals surface area contributed by atoms with Gasteiger partial charge in [-0.1, -0.05) is 12.1 Å². The third-order valence-electron chi connectivity index (χ3n) is 4.38. The molecule has 4 aromatic rings. The molecule has 4 rings (SSSR count). The molecule has 0 saturated carbocycles. The van der Waals surface area contributed by atoms with E-state index in [2.05, 4.69) is 15.3 Å². The van der Waals surface area contributed by atoms with Crippen LogP contribution >= 0.6 is 0 Å². The number of H-pyrrole nitrogens is 1. The first kappa shape index (κ1) is 17.0. The summed E-state index contributed by atoms with van der Waals surface area (Å²) in [6.07, 6.45) is 1.65. The van der Waals surface area contributed by atoms with Crippen molar-refractivity contribution in [2.45, 2.75) is 13.5 Å². The van der Waals surface area contributed by atoms with Crippen molar-refractivity contribution in [1.29, 1.82) is 0 Å². The third kappa shape index (κ3) is 3.46. The summed E-state index contributed by atoms with van der Waals surface area (Å²) < 4.78 is 18.0. The second kappa shape index (κ2) is 7.07. The zero-order valence-corrected chi connectivity index (χ0v) is 14.8. The number of anilines is 1. The van der Waals surface area contributed by atoms with Crippen LogP contribution in [0.15, 0.2) is 54.7 Å². The van der Waals surface area contributed by atoms with Gasteiger partial charge >= 0.3 is 5.97 Å². The molecule has 0 aliphatic carbocycles. The number of hydrogen-bond acceptors (Lipinski definition) is 4. The highest BCUT2D eigenvalue weighted by Crippen LogP contribution is 2.28. The molecule has 0 amide bonds. The molecular formula is C21H18FN3O2. The summed E-state index contributed by atoms with van der Waals surface area (Å²) in [6.45, 7) is 2.66. The molecule has 0 bridgehead atoms. The van der Waals surface area contributed by atoms with Crippen molar-refractivity contribution >= 4 is 33.5 Å². The molecule has 2 heterocycles. The van der Waals surface area contributed by atoms with Gasteiger partial charge in [0.25, 0.3) is 0 Å². The van der Waals surface area contributed by atoms with Gasteiger partial charge in [0.05, 0.1) is 18.3 Å². The molecule has 2 aromatic carbocycles. The van der Waals surface area contributed by atoms with Gasteiger partial charge in [0.1, 0.15) is 11.5 Å². The van der Waals surface area contributed by atoms with E-state index in [-0.39, 0.29) is 11.5 Å². The van der Waals surface area contributed by atoms with Crippen LogP contribution in [0.2, 0.25) is 0 Å². The molecule has 5 nitrogen and oxygen atoms in total. The van der Waals surface area contributed by atoms with E-state index in [4.69, 9.17) is 4.74 Å². The number of aromatic nitrogens is 2. The van der Waals surface area contributed by atoms with E-state index in [1.807, 2.05) is 18.2 Å². The van der Waals surface area contributed by atoms with Gasteiger partial charge in [-0.2, -0.15) is 0 Å².